The quantitative estimate of drug-likeness (QED) is 0.395. The van der Waals surface area contributed by atoms with Crippen LogP contribution in [0.5, 0.6) is 0 Å². The Kier molecular flexibility index (Phi) is 7.30. The van der Waals surface area contributed by atoms with Crippen molar-refractivity contribution < 1.29 is 32.6 Å². The van der Waals surface area contributed by atoms with Crippen LogP contribution in [0.4, 0.5) is 10.1 Å². The zero-order valence-electron chi connectivity index (χ0n) is 22.0. The van der Waals surface area contributed by atoms with E-state index in [4.69, 9.17) is 15.2 Å². The van der Waals surface area contributed by atoms with Crippen molar-refractivity contribution in [3.8, 4) is 0 Å². The molecular formula is C27H39FN4O6S. The molecule has 2 aliphatic heterocycles. The third kappa shape index (κ3) is 5.15. The van der Waals surface area contributed by atoms with Gasteiger partial charge in [-0.15, -0.1) is 0 Å². The van der Waals surface area contributed by atoms with Crippen LogP contribution in [0, 0.1) is 29.0 Å². The van der Waals surface area contributed by atoms with Gasteiger partial charge in [0.2, 0.25) is 11.8 Å². The Hall–Kier alpha value is -1.96. The molecule has 2 heterocycles. The van der Waals surface area contributed by atoms with Crippen molar-refractivity contribution in [3.05, 3.63) is 30.1 Å². The molecule has 1 aromatic rings. The molecule has 39 heavy (non-hydrogen) atoms. The monoisotopic (exact) mass is 566 g/mol. The number of hydrogen-bond donors (Lipinski definition) is 4. The third-order valence-corrected chi connectivity index (χ3v) is 11.4. The number of para-hydroxylation sites is 1. The van der Waals surface area contributed by atoms with Gasteiger partial charge in [-0.2, -0.15) is 4.31 Å². The van der Waals surface area contributed by atoms with Crippen molar-refractivity contribution in [2.24, 2.45) is 28.9 Å². The second-order valence-electron chi connectivity index (χ2n) is 12.1. The van der Waals surface area contributed by atoms with Gasteiger partial charge in [0.1, 0.15) is 5.82 Å². The average molecular weight is 567 g/mol. The van der Waals surface area contributed by atoms with Crippen molar-refractivity contribution >= 4 is 28.5 Å². The number of anilines is 1. The lowest BCUT2D eigenvalue weighted by atomic mass is 9.47. The number of amides is 2. The van der Waals surface area contributed by atoms with Gasteiger partial charge >= 0.3 is 0 Å². The molecule has 2 amide bonds. The topological polar surface area (TPSA) is 138 Å². The summed E-state index contributed by atoms with van der Waals surface area (Å²) in [5, 5.41) is 3.17. The molecule has 4 unspecified atom stereocenters. The minimum Gasteiger partial charge on any atom is -0.369 e. The van der Waals surface area contributed by atoms with E-state index in [0.717, 1.165) is 38.5 Å². The molecule has 0 spiro atoms. The zero-order valence-corrected chi connectivity index (χ0v) is 22.9. The molecule has 2 saturated heterocycles. The van der Waals surface area contributed by atoms with E-state index in [1.54, 1.807) is 6.07 Å². The highest BCUT2D eigenvalue weighted by atomic mass is 32.3. The van der Waals surface area contributed by atoms with Crippen LogP contribution in [0.3, 0.4) is 0 Å². The molecule has 5 N–H and O–H groups in total. The summed E-state index contributed by atoms with van der Waals surface area (Å²) < 4.78 is 51.9. The molecule has 1 aromatic carbocycles. The number of nitrogens with zero attached hydrogens (tertiary/aromatic N) is 2. The fourth-order valence-electron chi connectivity index (χ4n) is 7.92. The number of ether oxygens (including phenoxy) is 2. The number of rotatable bonds is 7. The summed E-state index contributed by atoms with van der Waals surface area (Å²) in [4.78, 5) is 25.7. The van der Waals surface area contributed by atoms with Gasteiger partial charge in [0, 0.05) is 24.6 Å². The molecule has 7 rings (SSSR count). The lowest BCUT2D eigenvalue weighted by Gasteiger charge is -2.59. The molecule has 12 heteroatoms. The second-order valence-corrected chi connectivity index (χ2v) is 14.0. The molecule has 4 atom stereocenters. The van der Waals surface area contributed by atoms with E-state index in [2.05, 4.69) is 5.32 Å². The summed E-state index contributed by atoms with van der Waals surface area (Å²) in [7, 11) is -3.71. The molecule has 6 aliphatic rings. The summed E-state index contributed by atoms with van der Waals surface area (Å²) in [5.41, 5.74) is 5.39. The first-order valence-corrected chi connectivity index (χ1v) is 15.5. The molecule has 4 saturated carbocycles. The van der Waals surface area contributed by atoms with E-state index < -0.39 is 34.6 Å². The first-order valence-electron chi connectivity index (χ1n) is 14.1. The SMILES string of the molecule is NC(=O)C12CC3CC(C1)C(NC(=O)CN1CC(OC4CCCCO4)CN(c4ccccc4F)S1(O)O)C(C3)C2. The molecule has 4 bridgehead atoms. The van der Waals surface area contributed by atoms with Gasteiger partial charge in [-0.1, -0.05) is 12.1 Å². The molecule has 4 aliphatic carbocycles. The van der Waals surface area contributed by atoms with E-state index in [-0.39, 0.29) is 55.0 Å². The maximum absolute atomic E-state index is 14.8. The molecule has 216 valence electrons. The van der Waals surface area contributed by atoms with Crippen LogP contribution in [0.15, 0.2) is 24.3 Å². The van der Waals surface area contributed by atoms with Crippen LogP contribution in [0.25, 0.3) is 0 Å². The Morgan fingerprint density at radius 1 is 1.15 bits per heavy atom. The van der Waals surface area contributed by atoms with Gasteiger partial charge in [0.25, 0.3) is 0 Å². The van der Waals surface area contributed by atoms with Gasteiger partial charge in [-0.3, -0.25) is 23.0 Å². The summed E-state index contributed by atoms with van der Waals surface area (Å²) in [6, 6.07) is 5.85. The van der Waals surface area contributed by atoms with Gasteiger partial charge in [-0.05, 0) is 92.2 Å². The van der Waals surface area contributed by atoms with Crippen molar-refractivity contribution in [1.82, 2.24) is 9.62 Å². The summed E-state index contributed by atoms with van der Waals surface area (Å²) in [5.74, 6) is -0.314. The number of benzene rings is 1. The van der Waals surface area contributed by atoms with Crippen LogP contribution >= 0.6 is 11.0 Å². The summed E-state index contributed by atoms with van der Waals surface area (Å²) in [6.07, 6.45) is 5.87. The van der Waals surface area contributed by atoms with Crippen LogP contribution in [0.2, 0.25) is 0 Å². The highest BCUT2D eigenvalue weighted by molar-refractivity contribution is 8.23. The van der Waals surface area contributed by atoms with Crippen molar-refractivity contribution in [2.45, 2.75) is 69.8 Å². The third-order valence-electron chi connectivity index (χ3n) is 9.47. The first-order chi connectivity index (χ1) is 18.6. The maximum atomic E-state index is 14.8. The number of halogens is 1. The maximum Gasteiger partial charge on any atom is 0.236 e. The molecule has 10 nitrogen and oxygen atoms in total. The Morgan fingerprint density at radius 3 is 2.56 bits per heavy atom. The number of nitrogens with two attached hydrogens (primary N) is 1. The van der Waals surface area contributed by atoms with Crippen LogP contribution < -0.4 is 15.4 Å². The lowest BCUT2D eigenvalue weighted by Crippen LogP contribution is -2.63. The molecular weight excluding hydrogens is 527 g/mol. The predicted octanol–water partition coefficient (Wildman–Crippen LogP) is 3.24. The highest BCUT2D eigenvalue weighted by Crippen LogP contribution is 2.60. The molecule has 0 aromatic heterocycles. The Bertz CT molecular complexity index is 1090. The van der Waals surface area contributed by atoms with Crippen LogP contribution in [0.1, 0.15) is 51.4 Å². The molecule has 0 radical (unpaired) electrons. The largest absolute Gasteiger partial charge is 0.369 e. The first kappa shape index (κ1) is 27.2. The van der Waals surface area contributed by atoms with E-state index in [9.17, 15) is 23.1 Å². The van der Waals surface area contributed by atoms with Crippen LogP contribution in [-0.4, -0.2) is 69.9 Å². The van der Waals surface area contributed by atoms with Crippen LogP contribution in [-0.2, 0) is 19.1 Å². The fourth-order valence-corrected chi connectivity index (χ4v) is 9.63. The molecule has 6 fully saturated rings. The highest BCUT2D eigenvalue weighted by Gasteiger charge is 2.58. The van der Waals surface area contributed by atoms with E-state index in [1.165, 1.54) is 26.8 Å². The standard InChI is InChI=1S/C27H39FN4O6S/c28-21-5-1-2-6-22(21)32-15-20(38-24-7-3-4-8-37-24)14-31(39(32,35)36)16-23(33)30-25-18-9-17-10-19(25)13-27(11-17,12-18)26(29)34/h1-2,5-6,17-20,24-25,35-36H,3-4,7-16H2,(H2,29,34)(H,30,33). The van der Waals surface area contributed by atoms with Crippen molar-refractivity contribution in [3.63, 3.8) is 0 Å². The fraction of sp³-hybridized carbons (Fsp3) is 0.704. The summed E-state index contributed by atoms with van der Waals surface area (Å²) >= 11 is 0. The zero-order chi connectivity index (χ0) is 27.4. The number of carbonyl (C=O) groups excluding carboxylic acids is 2. The number of carbonyl (C=O) groups is 2. The van der Waals surface area contributed by atoms with Crippen molar-refractivity contribution in [2.75, 3.05) is 30.5 Å². The Morgan fingerprint density at radius 2 is 1.90 bits per heavy atom. The lowest BCUT2D eigenvalue weighted by molar-refractivity contribution is -0.188. The van der Waals surface area contributed by atoms with Gasteiger partial charge in [0.05, 0.1) is 24.9 Å². The predicted molar refractivity (Wildman–Crippen MR) is 144 cm³/mol. The Labute approximate surface area is 230 Å². The smallest absolute Gasteiger partial charge is 0.236 e. The van der Waals surface area contributed by atoms with Crippen molar-refractivity contribution in [1.29, 1.82) is 0 Å². The summed E-state index contributed by atoms with van der Waals surface area (Å²) in [6.45, 7) is 0.450. The van der Waals surface area contributed by atoms with Gasteiger partial charge < -0.3 is 20.5 Å². The Balaban J connectivity index is 1.18. The minimum absolute atomic E-state index is 0.0403. The minimum atomic E-state index is -3.71. The van der Waals surface area contributed by atoms with Gasteiger partial charge in [0.15, 0.2) is 6.29 Å². The average Bonchev–Trinajstić information content (AvgIpc) is 2.89. The second kappa shape index (κ2) is 10.5. The normalized spacial score (nSPS) is 38.4. The van der Waals surface area contributed by atoms with Gasteiger partial charge in [-0.25, -0.2) is 4.39 Å². The van der Waals surface area contributed by atoms with E-state index in [1.807, 2.05) is 0 Å². The number of primary amides is 1. The number of nitrogens with one attached hydrogen (secondary N) is 1. The van der Waals surface area contributed by atoms with E-state index >= 15 is 0 Å². The van der Waals surface area contributed by atoms with E-state index in [0.29, 0.717) is 25.4 Å². The number of hydrogen-bond acceptors (Lipinski definition) is 8.